The van der Waals surface area contributed by atoms with Gasteiger partial charge in [-0.3, -0.25) is 0 Å². The predicted octanol–water partition coefficient (Wildman–Crippen LogP) is 9.07. The van der Waals surface area contributed by atoms with Crippen molar-refractivity contribution in [2.24, 2.45) is 21.2 Å². The highest BCUT2D eigenvalue weighted by Gasteiger charge is 2.27. The molecule has 0 saturated heterocycles. The van der Waals surface area contributed by atoms with E-state index in [1.54, 1.807) is 59.7 Å². The monoisotopic (exact) mass is 1360 g/mol. The number of anilines is 4. The second kappa shape index (κ2) is 27.8. The van der Waals surface area contributed by atoms with E-state index < -0.39 is 73.0 Å². The summed E-state index contributed by atoms with van der Waals surface area (Å²) in [5, 5.41) is 17.1. The summed E-state index contributed by atoms with van der Waals surface area (Å²) in [5.41, 5.74) is 22.1. The van der Waals surface area contributed by atoms with Crippen LogP contribution in [0.4, 0.5) is 36.3 Å². The third-order valence-corrected chi connectivity index (χ3v) is 23.2. The average Bonchev–Trinajstić information content (AvgIpc) is 4.09. The van der Waals surface area contributed by atoms with Gasteiger partial charge in [0.1, 0.15) is 15.8 Å². The molecule has 7 rings (SSSR count). The molecule has 78 heavy (non-hydrogen) atoms. The number of benzene rings is 2. The third-order valence-electron chi connectivity index (χ3n) is 8.04. The molecule has 0 fully saturated rings. The first-order chi connectivity index (χ1) is 34.9. The number of nitrogen functional groups attached to an aromatic ring is 3. The molecule has 0 spiro atoms. The fourth-order valence-electron chi connectivity index (χ4n) is 5.42. The molecule has 5 aromatic heterocycles. The fraction of sp³-hybridized carbons (Fsp3) is 0.195. The first-order valence-corrected chi connectivity index (χ1v) is 33.3. The number of urea groups is 1. The van der Waals surface area contributed by atoms with Gasteiger partial charge in [-0.2, -0.15) is 0 Å². The predicted molar refractivity (Wildman–Crippen MR) is 315 cm³/mol. The maximum absolute atomic E-state index is 12.9. The van der Waals surface area contributed by atoms with Gasteiger partial charge >= 0.3 is 6.03 Å². The quantitative estimate of drug-likeness (QED) is 0.0611. The van der Waals surface area contributed by atoms with Crippen LogP contribution < -0.4 is 53.1 Å². The van der Waals surface area contributed by atoms with E-state index in [2.05, 4.69) is 14.8 Å². The minimum Gasteiger partial charge on any atom is -0.397 e. The molecular formula is C41H50Cl4F2N10O11S10. The first kappa shape index (κ1) is 70.3. The lowest BCUT2D eigenvalue weighted by Crippen LogP contribution is -2.40. The molecule has 432 valence electrons. The Morgan fingerprint density at radius 3 is 1.17 bits per heavy atom. The van der Waals surface area contributed by atoms with Gasteiger partial charge in [-0.25, -0.2) is 80.5 Å². The Bertz CT molecular complexity index is 3790. The maximum Gasteiger partial charge on any atom is 0.316 e. The smallest absolute Gasteiger partial charge is 0.316 e. The van der Waals surface area contributed by atoms with Crippen molar-refractivity contribution in [3.8, 4) is 20.9 Å². The van der Waals surface area contributed by atoms with Gasteiger partial charge < -0.3 is 28.3 Å². The van der Waals surface area contributed by atoms with E-state index in [4.69, 9.17) is 73.2 Å². The van der Waals surface area contributed by atoms with Gasteiger partial charge in [0.05, 0.1) is 35.8 Å². The molecular weight excluding hydrogens is 1310 g/mol. The molecule has 7 aromatic rings. The molecule has 0 radical (unpaired) electrons. The number of hydrogen-bond donors (Lipinski definition) is 10. The summed E-state index contributed by atoms with van der Waals surface area (Å²) < 4.78 is 146. The van der Waals surface area contributed by atoms with Crippen LogP contribution >= 0.6 is 104 Å². The SMILES string of the molecule is CC(C)(C)NS(=O)(=O)c1ccc(Cl)s1.CC(C)(C)NS(=O)(=O)c1sc(Cl)cc1N.Cl.NC(=O)Nc1cc(-c2ccc(F)cc2)sc1S(N)(=O)=O.Nc1cc(-c2ccc(F)cc2)sc1S(N)(=O)=O.Nc1cc(Cl)sc1S(N)(=O)=O. The average molecular weight is 1360 g/mol. The maximum atomic E-state index is 12.9. The van der Waals surface area contributed by atoms with Crippen molar-refractivity contribution in [2.45, 2.75) is 73.7 Å². The number of carbonyl (C=O) groups is 1. The lowest BCUT2D eigenvalue weighted by Gasteiger charge is -2.19. The topological polar surface area (TPSA) is 406 Å². The van der Waals surface area contributed by atoms with Gasteiger partial charge in [0.15, 0.2) is 16.8 Å². The Hall–Kier alpha value is -3.82. The molecule has 0 unspecified atom stereocenters. The second-order valence-electron chi connectivity index (χ2n) is 17.2. The molecule has 21 nitrogen and oxygen atoms in total. The van der Waals surface area contributed by atoms with Crippen LogP contribution in [0.15, 0.2) is 106 Å². The molecule has 0 aliphatic heterocycles. The minimum atomic E-state index is -4.00. The van der Waals surface area contributed by atoms with Crippen molar-refractivity contribution in [1.29, 1.82) is 0 Å². The summed E-state index contributed by atoms with van der Waals surface area (Å²) in [6.07, 6.45) is 0. The molecule has 17 N–H and O–H groups in total. The van der Waals surface area contributed by atoms with Gasteiger partial charge in [-0.15, -0.1) is 69.1 Å². The van der Waals surface area contributed by atoms with Crippen LogP contribution in [0, 0.1) is 11.6 Å². The number of rotatable bonds is 10. The lowest BCUT2D eigenvalue weighted by molar-refractivity contribution is 0.259. The van der Waals surface area contributed by atoms with Crippen LogP contribution in [0.1, 0.15) is 41.5 Å². The minimum absolute atomic E-state index is 0. The Kier molecular flexibility index (Phi) is 25.0. The summed E-state index contributed by atoms with van der Waals surface area (Å²) in [5.74, 6) is -0.766. The van der Waals surface area contributed by atoms with E-state index in [9.17, 15) is 55.7 Å². The zero-order valence-corrected chi connectivity index (χ0v) is 52.2. The number of nitrogens with one attached hydrogen (secondary N) is 3. The largest absolute Gasteiger partial charge is 0.397 e. The number of halogens is 6. The van der Waals surface area contributed by atoms with Gasteiger partial charge in [-0.05, 0) is 113 Å². The summed E-state index contributed by atoms with van der Waals surface area (Å²) in [6.45, 7) is 10.7. The normalized spacial score (nSPS) is 12.0. The van der Waals surface area contributed by atoms with Crippen molar-refractivity contribution < 1.29 is 55.7 Å². The molecule has 5 heterocycles. The van der Waals surface area contributed by atoms with Crippen molar-refractivity contribution in [1.82, 2.24) is 9.44 Å². The van der Waals surface area contributed by atoms with E-state index >= 15 is 0 Å². The zero-order valence-electron chi connectivity index (χ0n) is 41.0. The van der Waals surface area contributed by atoms with Crippen LogP contribution in [0.5, 0.6) is 0 Å². The summed E-state index contributed by atoms with van der Waals surface area (Å²) in [7, 11) is -18.5. The van der Waals surface area contributed by atoms with Gasteiger partial charge in [0.2, 0.25) is 30.1 Å². The molecule has 0 saturated carbocycles. The van der Waals surface area contributed by atoms with Crippen LogP contribution in [-0.2, 0) is 50.1 Å². The molecule has 2 aromatic carbocycles. The molecule has 0 atom stereocenters. The number of thiophene rings is 5. The van der Waals surface area contributed by atoms with Crippen LogP contribution in [0.2, 0.25) is 13.0 Å². The first-order valence-electron chi connectivity index (χ1n) is 20.5. The van der Waals surface area contributed by atoms with Crippen molar-refractivity contribution in [3.05, 3.63) is 110 Å². The summed E-state index contributed by atoms with van der Waals surface area (Å²) in [6, 6.07) is 19.0. The fourth-order valence-corrected chi connectivity index (χ4v) is 17.5. The van der Waals surface area contributed by atoms with Crippen molar-refractivity contribution in [3.63, 3.8) is 0 Å². The lowest BCUT2D eigenvalue weighted by atomic mass is 10.1. The van der Waals surface area contributed by atoms with E-state index in [1.165, 1.54) is 66.7 Å². The highest BCUT2D eigenvalue weighted by molar-refractivity contribution is 7.93. The molecule has 2 amide bonds. The van der Waals surface area contributed by atoms with Crippen molar-refractivity contribution >= 4 is 183 Å². The number of sulfonamides is 5. The number of primary sulfonamides is 3. The summed E-state index contributed by atoms with van der Waals surface area (Å²) >= 11 is 21.5. The Labute approximate surface area is 491 Å². The van der Waals surface area contributed by atoms with Crippen LogP contribution in [-0.4, -0.2) is 59.2 Å². The standard InChI is InChI=1S/C11H10FN3O3S2.C10H9FN2O2S2.C8H13ClN2O2S2.C8H12ClNO2S2.C4H5ClN2O2S2.ClH/c12-7-3-1-6(2-4-7)9-5-8(15-11(13)16)10(19-9)20(14,17)18;11-7-3-1-6(2-4-7)9-5-8(12)10(16-9)17(13,14)15;1-8(2,3)11-15(12,13)7-5(10)4-6(9)14-7;1-8(2,3)10-14(11,12)7-5-4-6(9)13-7;5-3-1-2(6)4(10-3)11(7,8)9;/h1-5H,(H3,13,15,16)(H2,14,17,18);1-5H,12H2,(H2,13,14,15);4,11H,10H2,1-3H3;4-5,10H,1-3H3;1H,6H2,(H2,7,8,9);1H. The van der Waals surface area contributed by atoms with Gasteiger partial charge in [0.25, 0.3) is 20.0 Å². The highest BCUT2D eigenvalue weighted by atomic mass is 35.5. The van der Waals surface area contributed by atoms with Gasteiger partial charge in [-0.1, -0.05) is 59.1 Å². The van der Waals surface area contributed by atoms with Gasteiger partial charge in [0, 0.05) is 20.8 Å². The summed E-state index contributed by atoms with van der Waals surface area (Å²) in [4.78, 5) is 12.0. The number of nitrogens with two attached hydrogens (primary N) is 7. The highest BCUT2D eigenvalue weighted by Crippen LogP contribution is 2.38. The number of carbonyl (C=O) groups excluding carboxylic acids is 1. The van der Waals surface area contributed by atoms with Crippen LogP contribution in [0.25, 0.3) is 20.9 Å². The van der Waals surface area contributed by atoms with E-state index in [-0.39, 0.29) is 62.0 Å². The zero-order chi connectivity index (χ0) is 59.0. The van der Waals surface area contributed by atoms with E-state index in [0.717, 1.165) is 56.7 Å². The number of hydrogen-bond acceptors (Lipinski definition) is 19. The molecule has 0 bridgehead atoms. The van der Waals surface area contributed by atoms with E-state index in [0.29, 0.717) is 33.9 Å². The number of primary amides is 1. The Morgan fingerprint density at radius 2 is 0.846 bits per heavy atom. The molecule has 37 heteroatoms. The molecule has 0 aliphatic carbocycles. The third kappa shape index (κ3) is 22.6. The molecule has 0 aliphatic rings. The Morgan fingerprint density at radius 1 is 0.487 bits per heavy atom. The van der Waals surface area contributed by atoms with Crippen molar-refractivity contribution in [2.75, 3.05) is 22.5 Å². The number of amides is 2. The Balaban J connectivity index is 0.000000337. The van der Waals surface area contributed by atoms with E-state index in [1.807, 2.05) is 0 Å². The van der Waals surface area contributed by atoms with Crippen LogP contribution in [0.3, 0.4) is 0 Å². The second-order valence-corrected chi connectivity index (χ2v) is 33.4.